The minimum Gasteiger partial charge on any atom is -0.396 e. The third-order valence-electron chi connectivity index (χ3n) is 3.18. The topological polar surface area (TPSA) is 32.3 Å². The maximum Gasteiger partial charge on any atom is 0.0459 e. The van der Waals surface area contributed by atoms with E-state index >= 15 is 0 Å². The average Bonchev–Trinajstić information content (AvgIpc) is 2.19. The Balaban J connectivity index is 3.62. The van der Waals surface area contributed by atoms with Crippen LogP contribution in [-0.4, -0.2) is 24.8 Å². The molecule has 0 spiro atoms. The molecule has 1 atom stereocenters. The third-order valence-corrected chi connectivity index (χ3v) is 3.18. The predicted octanol–water partition coefficient (Wildman–Crippen LogP) is 3.84. The lowest BCUT2D eigenvalue weighted by atomic mass is 9.85. The van der Waals surface area contributed by atoms with Gasteiger partial charge in [0.2, 0.25) is 0 Å². The summed E-state index contributed by atoms with van der Waals surface area (Å²) in [5, 5.41) is 12.9. The van der Waals surface area contributed by atoms with Crippen molar-refractivity contribution in [2.24, 2.45) is 16.7 Å². The monoisotopic (exact) mass is 257 g/mol. The zero-order valence-electron chi connectivity index (χ0n) is 13.5. The van der Waals surface area contributed by atoms with Crippen molar-refractivity contribution in [2.45, 2.75) is 67.2 Å². The van der Waals surface area contributed by atoms with Crippen LogP contribution in [0.15, 0.2) is 0 Å². The van der Waals surface area contributed by atoms with Crippen LogP contribution in [0.1, 0.15) is 67.2 Å². The summed E-state index contributed by atoms with van der Waals surface area (Å²) in [4.78, 5) is 0. The molecular weight excluding hydrogens is 222 g/mol. The van der Waals surface area contributed by atoms with Gasteiger partial charge in [-0.2, -0.15) is 0 Å². The van der Waals surface area contributed by atoms with Crippen molar-refractivity contribution in [1.82, 2.24) is 5.32 Å². The van der Waals surface area contributed by atoms with Crippen molar-refractivity contribution in [3.8, 4) is 0 Å². The van der Waals surface area contributed by atoms with Crippen LogP contribution in [0, 0.1) is 16.7 Å². The van der Waals surface area contributed by atoms with Crippen LogP contribution in [0.3, 0.4) is 0 Å². The first-order valence-electron chi connectivity index (χ1n) is 7.46. The van der Waals surface area contributed by atoms with Gasteiger partial charge in [-0.25, -0.2) is 0 Å². The van der Waals surface area contributed by atoms with E-state index in [0.717, 1.165) is 25.9 Å². The van der Waals surface area contributed by atoms with Gasteiger partial charge in [0.05, 0.1) is 0 Å². The molecule has 0 aromatic heterocycles. The molecule has 0 saturated carbocycles. The Kier molecular flexibility index (Phi) is 8.13. The fourth-order valence-corrected chi connectivity index (χ4v) is 1.94. The lowest BCUT2D eigenvalue weighted by Crippen LogP contribution is -2.28. The maximum atomic E-state index is 9.39. The Labute approximate surface area is 115 Å². The van der Waals surface area contributed by atoms with E-state index in [1.807, 2.05) is 0 Å². The summed E-state index contributed by atoms with van der Waals surface area (Å²) >= 11 is 0. The third kappa shape index (κ3) is 12.4. The van der Waals surface area contributed by atoms with E-state index < -0.39 is 0 Å². The smallest absolute Gasteiger partial charge is 0.0459 e. The summed E-state index contributed by atoms with van der Waals surface area (Å²) in [6, 6.07) is 0. The molecule has 0 rings (SSSR count). The van der Waals surface area contributed by atoms with Gasteiger partial charge in [-0.15, -0.1) is 0 Å². The van der Waals surface area contributed by atoms with Crippen molar-refractivity contribution in [3.63, 3.8) is 0 Å². The Morgan fingerprint density at radius 3 is 2.00 bits per heavy atom. The normalized spacial score (nSPS) is 14.8. The highest BCUT2D eigenvalue weighted by Gasteiger charge is 2.15. The standard InChI is InChI=1S/C16H35NO/c1-15(2,3)10-9-14(12-18)8-7-11-17-13-16(4,5)6/h14,17-18H,7-13H2,1-6H3/t14-/m0/s1. The first-order chi connectivity index (χ1) is 8.14. The minimum absolute atomic E-state index is 0.343. The van der Waals surface area contributed by atoms with Crippen LogP contribution in [-0.2, 0) is 0 Å². The molecule has 0 radical (unpaired) electrons. The molecule has 18 heavy (non-hydrogen) atoms. The molecule has 0 aliphatic heterocycles. The van der Waals surface area contributed by atoms with Gasteiger partial charge in [0.25, 0.3) is 0 Å². The number of hydrogen-bond acceptors (Lipinski definition) is 2. The molecule has 0 unspecified atom stereocenters. The van der Waals surface area contributed by atoms with Gasteiger partial charge in [0.1, 0.15) is 0 Å². The van der Waals surface area contributed by atoms with E-state index in [2.05, 4.69) is 46.9 Å². The second-order valence-corrected chi connectivity index (χ2v) is 8.03. The quantitative estimate of drug-likeness (QED) is 0.648. The summed E-state index contributed by atoms with van der Waals surface area (Å²) in [6.45, 7) is 16.0. The molecule has 110 valence electrons. The second-order valence-electron chi connectivity index (χ2n) is 8.03. The number of rotatable bonds is 8. The summed E-state index contributed by atoms with van der Waals surface area (Å²) < 4.78 is 0. The molecule has 0 aromatic rings. The number of aliphatic hydroxyl groups excluding tert-OH is 1. The minimum atomic E-state index is 0.343. The summed E-state index contributed by atoms with van der Waals surface area (Å²) in [5.74, 6) is 0.487. The highest BCUT2D eigenvalue weighted by Crippen LogP contribution is 2.25. The zero-order chi connectivity index (χ0) is 14.2. The van der Waals surface area contributed by atoms with Crippen LogP contribution in [0.2, 0.25) is 0 Å². The van der Waals surface area contributed by atoms with Crippen LogP contribution < -0.4 is 5.32 Å². The molecule has 0 aliphatic rings. The molecule has 0 aliphatic carbocycles. The zero-order valence-corrected chi connectivity index (χ0v) is 13.5. The van der Waals surface area contributed by atoms with Gasteiger partial charge in [-0.1, -0.05) is 41.5 Å². The van der Waals surface area contributed by atoms with E-state index in [0.29, 0.717) is 23.4 Å². The predicted molar refractivity (Wildman–Crippen MR) is 80.8 cm³/mol. The van der Waals surface area contributed by atoms with Crippen molar-refractivity contribution in [1.29, 1.82) is 0 Å². The van der Waals surface area contributed by atoms with E-state index in [9.17, 15) is 5.11 Å². The SMILES string of the molecule is CC(C)(C)CC[C@@H](CO)CCCNCC(C)(C)C. The lowest BCUT2D eigenvalue weighted by molar-refractivity contribution is 0.190. The summed E-state index contributed by atoms with van der Waals surface area (Å²) in [6.07, 6.45) is 4.67. The van der Waals surface area contributed by atoms with Crippen LogP contribution in [0.5, 0.6) is 0 Å². The maximum absolute atomic E-state index is 9.39. The number of aliphatic hydroxyl groups is 1. The molecule has 0 amide bonds. The van der Waals surface area contributed by atoms with E-state index in [-0.39, 0.29) is 0 Å². The first kappa shape index (κ1) is 17.9. The highest BCUT2D eigenvalue weighted by molar-refractivity contribution is 4.68. The number of nitrogens with one attached hydrogen (secondary N) is 1. The molecule has 0 bridgehead atoms. The van der Waals surface area contributed by atoms with Crippen LogP contribution in [0.4, 0.5) is 0 Å². The van der Waals surface area contributed by atoms with E-state index in [1.165, 1.54) is 12.8 Å². The van der Waals surface area contributed by atoms with Crippen molar-refractivity contribution < 1.29 is 5.11 Å². The largest absolute Gasteiger partial charge is 0.396 e. The van der Waals surface area contributed by atoms with Gasteiger partial charge < -0.3 is 10.4 Å². The number of hydrogen-bond donors (Lipinski definition) is 2. The first-order valence-corrected chi connectivity index (χ1v) is 7.46. The lowest BCUT2D eigenvalue weighted by Gasteiger charge is -2.22. The second kappa shape index (κ2) is 8.16. The molecule has 0 heterocycles. The van der Waals surface area contributed by atoms with E-state index in [1.54, 1.807) is 0 Å². The highest BCUT2D eigenvalue weighted by atomic mass is 16.3. The van der Waals surface area contributed by atoms with Gasteiger partial charge in [0.15, 0.2) is 0 Å². The van der Waals surface area contributed by atoms with Gasteiger partial charge in [-0.05, 0) is 55.5 Å². The Morgan fingerprint density at radius 2 is 1.56 bits per heavy atom. The average molecular weight is 257 g/mol. The Morgan fingerprint density at radius 1 is 0.944 bits per heavy atom. The molecule has 2 heteroatoms. The summed E-state index contributed by atoms with van der Waals surface area (Å²) in [5.41, 5.74) is 0.751. The molecule has 0 aromatic carbocycles. The Bertz CT molecular complexity index is 200. The Hall–Kier alpha value is -0.0800. The molecular formula is C16H35NO. The molecule has 2 nitrogen and oxygen atoms in total. The van der Waals surface area contributed by atoms with Crippen LogP contribution in [0.25, 0.3) is 0 Å². The fraction of sp³-hybridized carbons (Fsp3) is 1.00. The molecule has 0 saturated heterocycles. The van der Waals surface area contributed by atoms with Gasteiger partial charge in [0, 0.05) is 6.61 Å². The van der Waals surface area contributed by atoms with Gasteiger partial charge in [-0.3, -0.25) is 0 Å². The van der Waals surface area contributed by atoms with Crippen LogP contribution >= 0.6 is 0 Å². The van der Waals surface area contributed by atoms with Gasteiger partial charge >= 0.3 is 0 Å². The summed E-state index contributed by atoms with van der Waals surface area (Å²) in [7, 11) is 0. The van der Waals surface area contributed by atoms with Crippen molar-refractivity contribution in [2.75, 3.05) is 19.7 Å². The van der Waals surface area contributed by atoms with E-state index in [4.69, 9.17) is 0 Å². The van der Waals surface area contributed by atoms with Crippen molar-refractivity contribution in [3.05, 3.63) is 0 Å². The molecule has 0 fully saturated rings. The van der Waals surface area contributed by atoms with Crippen molar-refractivity contribution >= 4 is 0 Å². The fourth-order valence-electron chi connectivity index (χ4n) is 1.94. The molecule has 2 N–H and O–H groups in total.